The normalized spacial score (nSPS) is 34.8. The summed E-state index contributed by atoms with van der Waals surface area (Å²) in [6.07, 6.45) is 9.26. The van der Waals surface area contributed by atoms with Crippen LogP contribution in [0.1, 0.15) is 59.3 Å². The van der Waals surface area contributed by atoms with E-state index in [4.69, 9.17) is 9.47 Å². The molecule has 1 aliphatic carbocycles. The highest BCUT2D eigenvalue weighted by Gasteiger charge is 2.38. The number of rotatable bonds is 3. The lowest BCUT2D eigenvalue weighted by Crippen LogP contribution is -2.44. The molecule has 2 rings (SSSR count). The average molecular weight is 238 g/mol. The van der Waals surface area contributed by atoms with E-state index < -0.39 is 0 Å². The van der Waals surface area contributed by atoms with Crippen molar-refractivity contribution in [1.29, 1.82) is 0 Å². The highest BCUT2D eigenvalue weighted by atomic mass is 16.7. The first-order chi connectivity index (χ1) is 8.12. The summed E-state index contributed by atoms with van der Waals surface area (Å²) in [7, 11) is 0. The van der Waals surface area contributed by atoms with Gasteiger partial charge in [0.1, 0.15) is 0 Å². The molecule has 1 aliphatic heterocycles. The van der Waals surface area contributed by atoms with E-state index in [1.165, 1.54) is 24.8 Å². The third kappa shape index (κ3) is 3.11. The van der Waals surface area contributed by atoms with Crippen molar-refractivity contribution in [3.63, 3.8) is 0 Å². The molecule has 1 heterocycles. The van der Waals surface area contributed by atoms with Gasteiger partial charge in [0, 0.05) is 6.61 Å². The molecule has 0 aromatic carbocycles. The van der Waals surface area contributed by atoms with E-state index >= 15 is 0 Å². The van der Waals surface area contributed by atoms with E-state index in [0.29, 0.717) is 5.92 Å². The number of hydrogen-bond donors (Lipinski definition) is 0. The molecule has 0 saturated carbocycles. The van der Waals surface area contributed by atoms with Gasteiger partial charge in [0.15, 0.2) is 6.29 Å². The highest BCUT2D eigenvalue weighted by molar-refractivity contribution is 5.09. The van der Waals surface area contributed by atoms with Gasteiger partial charge in [-0.25, -0.2) is 0 Å². The van der Waals surface area contributed by atoms with E-state index in [-0.39, 0.29) is 11.9 Å². The molecule has 2 aliphatic rings. The molecule has 2 unspecified atom stereocenters. The van der Waals surface area contributed by atoms with Crippen LogP contribution in [-0.2, 0) is 9.47 Å². The molecule has 2 nitrogen and oxygen atoms in total. The zero-order valence-electron chi connectivity index (χ0n) is 11.5. The predicted molar refractivity (Wildman–Crippen MR) is 69.9 cm³/mol. The first-order valence-corrected chi connectivity index (χ1v) is 7.07. The molecule has 2 heteroatoms. The van der Waals surface area contributed by atoms with Crippen molar-refractivity contribution in [2.24, 2.45) is 5.92 Å². The molecular weight excluding hydrogens is 212 g/mol. The molecule has 0 bridgehead atoms. The van der Waals surface area contributed by atoms with Gasteiger partial charge in [-0.2, -0.15) is 0 Å². The van der Waals surface area contributed by atoms with E-state index in [1.54, 1.807) is 0 Å². The molecule has 0 radical (unpaired) electrons. The van der Waals surface area contributed by atoms with Gasteiger partial charge in [0.25, 0.3) is 0 Å². The maximum absolute atomic E-state index is 6.36. The molecule has 2 atom stereocenters. The number of allylic oxidation sites excluding steroid dienone is 1. The average Bonchev–Trinajstić information content (AvgIpc) is 2.33. The van der Waals surface area contributed by atoms with Crippen LogP contribution in [0.5, 0.6) is 0 Å². The number of ether oxygens (including phenoxy) is 2. The zero-order valence-corrected chi connectivity index (χ0v) is 11.5. The molecule has 0 aromatic heterocycles. The molecule has 17 heavy (non-hydrogen) atoms. The summed E-state index contributed by atoms with van der Waals surface area (Å²) < 4.78 is 12.1. The molecule has 1 saturated heterocycles. The quantitative estimate of drug-likeness (QED) is 0.690. The minimum absolute atomic E-state index is 0.0154. The zero-order chi connectivity index (χ0) is 12.3. The Morgan fingerprint density at radius 3 is 2.76 bits per heavy atom. The first kappa shape index (κ1) is 13.1. The summed E-state index contributed by atoms with van der Waals surface area (Å²) in [5.74, 6) is 0.553. The fourth-order valence-electron chi connectivity index (χ4n) is 2.79. The van der Waals surface area contributed by atoms with Gasteiger partial charge in [-0.3, -0.25) is 0 Å². The SMILES string of the molecule is CC1=CCC(OC2CCCCO2)(C(C)C)CC1. The van der Waals surface area contributed by atoms with Crippen molar-refractivity contribution in [1.82, 2.24) is 0 Å². The Morgan fingerprint density at radius 2 is 2.24 bits per heavy atom. The largest absolute Gasteiger partial charge is 0.353 e. The van der Waals surface area contributed by atoms with E-state index in [2.05, 4.69) is 26.8 Å². The van der Waals surface area contributed by atoms with Crippen LogP contribution in [0.3, 0.4) is 0 Å². The molecule has 0 aromatic rings. The van der Waals surface area contributed by atoms with Gasteiger partial charge in [0.2, 0.25) is 0 Å². The van der Waals surface area contributed by atoms with Crippen molar-refractivity contribution in [3.05, 3.63) is 11.6 Å². The van der Waals surface area contributed by atoms with Crippen molar-refractivity contribution in [2.45, 2.75) is 71.2 Å². The molecule has 1 fully saturated rings. The van der Waals surface area contributed by atoms with Crippen LogP contribution in [0, 0.1) is 5.92 Å². The summed E-state index contributed by atoms with van der Waals surface area (Å²) in [4.78, 5) is 0. The second-order valence-corrected chi connectivity index (χ2v) is 5.89. The van der Waals surface area contributed by atoms with Crippen LogP contribution < -0.4 is 0 Å². The van der Waals surface area contributed by atoms with Gasteiger partial charge >= 0.3 is 0 Å². The summed E-state index contributed by atoms with van der Waals surface area (Å²) >= 11 is 0. The van der Waals surface area contributed by atoms with Crippen LogP contribution in [-0.4, -0.2) is 18.5 Å². The van der Waals surface area contributed by atoms with Gasteiger partial charge in [-0.05, 0) is 51.4 Å². The second kappa shape index (κ2) is 5.53. The maximum atomic E-state index is 6.36. The predicted octanol–water partition coefficient (Wildman–Crippen LogP) is 4.05. The topological polar surface area (TPSA) is 18.5 Å². The van der Waals surface area contributed by atoms with E-state index in [9.17, 15) is 0 Å². The van der Waals surface area contributed by atoms with Crippen LogP contribution in [0.25, 0.3) is 0 Å². The summed E-state index contributed by atoms with van der Waals surface area (Å²) in [6.45, 7) is 7.64. The molecular formula is C15H26O2. The van der Waals surface area contributed by atoms with E-state index in [1.807, 2.05) is 0 Å². The monoisotopic (exact) mass is 238 g/mol. The minimum Gasteiger partial charge on any atom is -0.353 e. The van der Waals surface area contributed by atoms with Crippen molar-refractivity contribution >= 4 is 0 Å². The summed E-state index contributed by atoms with van der Waals surface area (Å²) in [5.41, 5.74) is 1.52. The molecule has 0 N–H and O–H groups in total. The fourth-order valence-corrected chi connectivity index (χ4v) is 2.79. The van der Waals surface area contributed by atoms with Crippen LogP contribution in [0.15, 0.2) is 11.6 Å². The van der Waals surface area contributed by atoms with Gasteiger partial charge in [-0.15, -0.1) is 0 Å². The molecule has 98 valence electrons. The number of hydrogen-bond acceptors (Lipinski definition) is 2. The lowest BCUT2D eigenvalue weighted by molar-refractivity contribution is -0.239. The van der Waals surface area contributed by atoms with E-state index in [0.717, 1.165) is 25.9 Å². The lowest BCUT2D eigenvalue weighted by Gasteiger charge is -2.43. The van der Waals surface area contributed by atoms with Gasteiger partial charge < -0.3 is 9.47 Å². The Labute approximate surface area is 105 Å². The van der Waals surface area contributed by atoms with Gasteiger partial charge in [0.05, 0.1) is 5.60 Å². The summed E-state index contributed by atoms with van der Waals surface area (Å²) in [5, 5.41) is 0. The minimum atomic E-state index is 0.0154. The fraction of sp³-hybridized carbons (Fsp3) is 0.867. The van der Waals surface area contributed by atoms with Crippen molar-refractivity contribution in [3.8, 4) is 0 Å². The van der Waals surface area contributed by atoms with Crippen LogP contribution in [0.2, 0.25) is 0 Å². The summed E-state index contributed by atoms with van der Waals surface area (Å²) in [6, 6.07) is 0. The smallest absolute Gasteiger partial charge is 0.158 e. The third-order valence-corrected chi connectivity index (χ3v) is 4.29. The van der Waals surface area contributed by atoms with Crippen LogP contribution in [0.4, 0.5) is 0 Å². The Morgan fingerprint density at radius 1 is 1.41 bits per heavy atom. The maximum Gasteiger partial charge on any atom is 0.158 e. The van der Waals surface area contributed by atoms with Crippen molar-refractivity contribution in [2.75, 3.05) is 6.61 Å². The highest BCUT2D eigenvalue weighted by Crippen LogP contribution is 2.39. The Bertz CT molecular complexity index is 277. The Hall–Kier alpha value is -0.340. The van der Waals surface area contributed by atoms with Crippen molar-refractivity contribution < 1.29 is 9.47 Å². The molecule has 0 spiro atoms. The van der Waals surface area contributed by atoms with Gasteiger partial charge in [-0.1, -0.05) is 25.5 Å². The third-order valence-electron chi connectivity index (χ3n) is 4.29. The molecule has 0 amide bonds. The standard InChI is InChI=1S/C15H26O2/c1-12(2)15(9-7-13(3)8-10-15)17-14-6-4-5-11-16-14/h7,12,14H,4-6,8-11H2,1-3H3. The second-order valence-electron chi connectivity index (χ2n) is 5.89. The van der Waals surface area contributed by atoms with Crippen LogP contribution >= 0.6 is 0 Å². The Balaban J connectivity index is 2.01. The Kier molecular flexibility index (Phi) is 4.26. The lowest BCUT2D eigenvalue weighted by atomic mass is 9.78. The first-order valence-electron chi connectivity index (χ1n) is 7.07.